The van der Waals surface area contributed by atoms with Crippen LogP contribution in [0.3, 0.4) is 0 Å². The van der Waals surface area contributed by atoms with Gasteiger partial charge < -0.3 is 10.3 Å². The van der Waals surface area contributed by atoms with Crippen molar-refractivity contribution in [2.45, 2.75) is 31.3 Å². The number of aryl methyl sites for hydroxylation is 2. The summed E-state index contributed by atoms with van der Waals surface area (Å²) < 4.78 is 28.8. The molecule has 7 nitrogen and oxygen atoms in total. The van der Waals surface area contributed by atoms with Gasteiger partial charge in [-0.1, -0.05) is 13.0 Å². The summed E-state index contributed by atoms with van der Waals surface area (Å²) in [6.07, 6.45) is 2.34. The Balaban J connectivity index is 2.21. The number of sulfonamides is 1. The third-order valence-electron chi connectivity index (χ3n) is 3.31. The maximum absolute atomic E-state index is 12.3. The molecular formula is C13H19N5O2S. The fraction of sp³-hybridized carbons (Fsp3) is 0.385. The van der Waals surface area contributed by atoms with Crippen LogP contribution in [0.25, 0.3) is 0 Å². The monoisotopic (exact) mass is 309 g/mol. The summed E-state index contributed by atoms with van der Waals surface area (Å²) in [6, 6.07) is 5.02. The van der Waals surface area contributed by atoms with Gasteiger partial charge >= 0.3 is 0 Å². The zero-order chi connectivity index (χ0) is 15.5. The molecule has 0 aliphatic carbocycles. The summed E-state index contributed by atoms with van der Waals surface area (Å²) in [6.45, 7) is 2.41. The van der Waals surface area contributed by atoms with E-state index in [2.05, 4.69) is 14.9 Å². The molecule has 1 aromatic heterocycles. The first-order valence-electron chi connectivity index (χ1n) is 6.62. The number of aromatic nitrogens is 3. The zero-order valence-electron chi connectivity index (χ0n) is 12.1. The Bertz CT molecular complexity index is 724. The van der Waals surface area contributed by atoms with E-state index >= 15 is 0 Å². The van der Waals surface area contributed by atoms with Crippen molar-refractivity contribution in [1.82, 2.24) is 19.5 Å². The van der Waals surface area contributed by atoms with Gasteiger partial charge in [-0.15, -0.1) is 10.2 Å². The molecule has 1 heterocycles. The van der Waals surface area contributed by atoms with E-state index in [0.717, 1.165) is 17.5 Å². The van der Waals surface area contributed by atoms with Crippen molar-refractivity contribution in [3.8, 4) is 0 Å². The van der Waals surface area contributed by atoms with E-state index in [0.29, 0.717) is 12.4 Å². The largest absolute Gasteiger partial charge is 0.326 e. The van der Waals surface area contributed by atoms with Gasteiger partial charge in [-0.25, -0.2) is 13.1 Å². The van der Waals surface area contributed by atoms with Crippen LogP contribution in [0.5, 0.6) is 0 Å². The molecule has 2 aromatic rings. The Morgan fingerprint density at radius 2 is 2.10 bits per heavy atom. The Morgan fingerprint density at radius 3 is 2.67 bits per heavy atom. The van der Waals surface area contributed by atoms with Crippen molar-refractivity contribution in [2.75, 3.05) is 0 Å². The third kappa shape index (κ3) is 3.46. The minimum Gasteiger partial charge on any atom is -0.326 e. The summed E-state index contributed by atoms with van der Waals surface area (Å²) in [7, 11) is -1.84. The zero-order valence-corrected chi connectivity index (χ0v) is 12.9. The summed E-state index contributed by atoms with van der Waals surface area (Å²) in [5.74, 6) is 0.544. The highest BCUT2D eigenvalue weighted by molar-refractivity contribution is 7.89. The molecule has 1 aromatic carbocycles. The Morgan fingerprint density at radius 1 is 1.33 bits per heavy atom. The maximum Gasteiger partial charge on any atom is 0.240 e. The highest BCUT2D eigenvalue weighted by Crippen LogP contribution is 2.16. The molecule has 2 rings (SSSR count). The SMILES string of the molecule is CCc1ccc(S(=O)(=O)NCc2nncn2C)cc1CN. The first kappa shape index (κ1) is 15.6. The predicted octanol–water partition coefficient (Wildman–Crippen LogP) is 0.315. The molecule has 0 saturated heterocycles. The Hall–Kier alpha value is -1.77. The average Bonchev–Trinajstić information content (AvgIpc) is 2.89. The second-order valence-electron chi connectivity index (χ2n) is 4.67. The van der Waals surface area contributed by atoms with Gasteiger partial charge in [0.2, 0.25) is 10.0 Å². The van der Waals surface area contributed by atoms with Crippen LogP contribution in [-0.2, 0) is 36.6 Å². The smallest absolute Gasteiger partial charge is 0.240 e. The summed E-state index contributed by atoms with van der Waals surface area (Å²) in [4.78, 5) is 0.210. The number of rotatable bonds is 6. The van der Waals surface area contributed by atoms with E-state index in [-0.39, 0.29) is 11.4 Å². The normalized spacial score (nSPS) is 11.8. The average molecular weight is 309 g/mol. The standard InChI is InChI=1S/C13H19N5O2S/c1-3-10-4-5-12(6-11(10)7-14)21(19,20)16-8-13-17-15-9-18(13)2/h4-6,9,16H,3,7-8,14H2,1-2H3. The molecule has 114 valence electrons. The number of nitrogens with one attached hydrogen (secondary N) is 1. The van der Waals surface area contributed by atoms with Crippen molar-refractivity contribution in [3.63, 3.8) is 0 Å². The van der Waals surface area contributed by atoms with Crippen molar-refractivity contribution < 1.29 is 8.42 Å². The van der Waals surface area contributed by atoms with E-state index in [4.69, 9.17) is 5.73 Å². The van der Waals surface area contributed by atoms with E-state index in [9.17, 15) is 8.42 Å². The molecule has 8 heteroatoms. The lowest BCUT2D eigenvalue weighted by atomic mass is 10.1. The van der Waals surface area contributed by atoms with Gasteiger partial charge in [0, 0.05) is 13.6 Å². The van der Waals surface area contributed by atoms with Gasteiger partial charge in [0.15, 0.2) is 0 Å². The number of nitrogens with zero attached hydrogens (tertiary/aromatic N) is 3. The molecule has 0 bridgehead atoms. The first-order valence-corrected chi connectivity index (χ1v) is 8.10. The third-order valence-corrected chi connectivity index (χ3v) is 4.71. The molecule has 0 unspecified atom stereocenters. The van der Waals surface area contributed by atoms with Crippen molar-refractivity contribution >= 4 is 10.0 Å². The van der Waals surface area contributed by atoms with Crippen molar-refractivity contribution in [1.29, 1.82) is 0 Å². The van der Waals surface area contributed by atoms with Crippen LogP contribution in [0.2, 0.25) is 0 Å². The summed E-state index contributed by atoms with van der Waals surface area (Å²) in [5.41, 5.74) is 7.58. The van der Waals surface area contributed by atoms with Crippen LogP contribution in [-0.4, -0.2) is 23.2 Å². The minimum absolute atomic E-state index is 0.0896. The van der Waals surface area contributed by atoms with E-state index in [1.165, 1.54) is 6.33 Å². The molecular weight excluding hydrogens is 290 g/mol. The van der Waals surface area contributed by atoms with Gasteiger partial charge in [0.25, 0.3) is 0 Å². The van der Waals surface area contributed by atoms with Crippen molar-refractivity contribution in [2.24, 2.45) is 12.8 Å². The lowest BCUT2D eigenvalue weighted by molar-refractivity contribution is 0.577. The van der Waals surface area contributed by atoms with Crippen LogP contribution in [0, 0.1) is 0 Å². The summed E-state index contributed by atoms with van der Waals surface area (Å²) in [5, 5.41) is 7.55. The van der Waals surface area contributed by atoms with Gasteiger partial charge in [-0.2, -0.15) is 0 Å². The molecule has 3 N–H and O–H groups in total. The van der Waals surface area contributed by atoms with Gasteiger partial charge in [-0.05, 0) is 29.7 Å². The van der Waals surface area contributed by atoms with E-state index in [1.807, 2.05) is 6.92 Å². The molecule has 0 saturated carbocycles. The lowest BCUT2D eigenvalue weighted by Gasteiger charge is -2.10. The summed E-state index contributed by atoms with van der Waals surface area (Å²) >= 11 is 0. The highest BCUT2D eigenvalue weighted by atomic mass is 32.2. The van der Waals surface area contributed by atoms with Crippen LogP contribution in [0.1, 0.15) is 23.9 Å². The molecule has 0 spiro atoms. The quantitative estimate of drug-likeness (QED) is 0.799. The number of benzene rings is 1. The second kappa shape index (κ2) is 6.33. The van der Waals surface area contributed by atoms with E-state index < -0.39 is 10.0 Å². The molecule has 0 atom stereocenters. The molecule has 0 fully saturated rings. The Kier molecular flexibility index (Phi) is 4.71. The lowest BCUT2D eigenvalue weighted by Crippen LogP contribution is -2.25. The van der Waals surface area contributed by atoms with Gasteiger partial charge in [0.1, 0.15) is 12.2 Å². The van der Waals surface area contributed by atoms with Crippen molar-refractivity contribution in [3.05, 3.63) is 41.5 Å². The van der Waals surface area contributed by atoms with Crippen LogP contribution >= 0.6 is 0 Å². The fourth-order valence-electron chi connectivity index (χ4n) is 2.01. The second-order valence-corrected chi connectivity index (χ2v) is 6.44. The van der Waals surface area contributed by atoms with Crippen LogP contribution in [0.15, 0.2) is 29.4 Å². The van der Waals surface area contributed by atoms with Crippen LogP contribution in [0.4, 0.5) is 0 Å². The maximum atomic E-state index is 12.3. The topological polar surface area (TPSA) is 103 Å². The molecule has 0 radical (unpaired) electrons. The highest BCUT2D eigenvalue weighted by Gasteiger charge is 2.16. The number of hydrogen-bond donors (Lipinski definition) is 2. The van der Waals surface area contributed by atoms with Gasteiger partial charge in [0.05, 0.1) is 11.4 Å². The minimum atomic E-state index is -3.60. The first-order chi connectivity index (χ1) is 9.97. The predicted molar refractivity (Wildman–Crippen MR) is 78.7 cm³/mol. The number of nitrogens with two attached hydrogens (primary N) is 1. The molecule has 0 amide bonds. The fourth-order valence-corrected chi connectivity index (χ4v) is 3.04. The van der Waals surface area contributed by atoms with Gasteiger partial charge in [-0.3, -0.25) is 0 Å². The van der Waals surface area contributed by atoms with Crippen LogP contribution < -0.4 is 10.5 Å². The van der Waals surface area contributed by atoms with E-state index in [1.54, 1.807) is 29.8 Å². The molecule has 0 aliphatic heterocycles. The molecule has 0 aliphatic rings. The number of hydrogen-bond acceptors (Lipinski definition) is 5. The molecule has 21 heavy (non-hydrogen) atoms. The Labute approximate surface area is 124 Å².